The Hall–Kier alpha value is -2.56. The van der Waals surface area contributed by atoms with Crippen LogP contribution in [0.5, 0.6) is 5.75 Å². The second-order valence-electron chi connectivity index (χ2n) is 6.70. The Kier molecular flexibility index (Phi) is 4.93. The zero-order valence-electron chi connectivity index (χ0n) is 14.9. The molecule has 0 unspecified atom stereocenters. The standard InChI is InChI=1S/C20H24N2O3/c1-12-9-13(2)22-20(24)18(12)11-21-19(23)14(3)25-17-8-7-15-5-4-6-16(15)10-17/h7-10,14H,4-6,11H2,1-3H3,(H,21,23)(H,22,24)/t14-/m1/s1. The molecular weight excluding hydrogens is 316 g/mol. The molecule has 1 aromatic carbocycles. The van der Waals surface area contributed by atoms with Crippen molar-refractivity contribution in [3.8, 4) is 5.75 Å². The van der Waals surface area contributed by atoms with Crippen molar-refractivity contribution in [1.29, 1.82) is 0 Å². The molecule has 0 radical (unpaired) electrons. The van der Waals surface area contributed by atoms with Crippen molar-refractivity contribution < 1.29 is 9.53 Å². The van der Waals surface area contributed by atoms with Crippen LogP contribution in [0.1, 0.15) is 41.3 Å². The van der Waals surface area contributed by atoms with Crippen molar-refractivity contribution in [1.82, 2.24) is 10.3 Å². The van der Waals surface area contributed by atoms with Crippen LogP contribution in [0.4, 0.5) is 0 Å². The predicted octanol–water partition coefficient (Wildman–Crippen LogP) is 2.56. The first-order chi connectivity index (χ1) is 11.9. The summed E-state index contributed by atoms with van der Waals surface area (Å²) in [4.78, 5) is 27.1. The van der Waals surface area contributed by atoms with Crippen LogP contribution in [0.15, 0.2) is 29.1 Å². The quantitative estimate of drug-likeness (QED) is 0.879. The van der Waals surface area contributed by atoms with E-state index in [1.165, 1.54) is 17.5 Å². The van der Waals surface area contributed by atoms with Crippen molar-refractivity contribution in [2.75, 3.05) is 0 Å². The van der Waals surface area contributed by atoms with Gasteiger partial charge in [0.15, 0.2) is 6.10 Å². The summed E-state index contributed by atoms with van der Waals surface area (Å²) in [5, 5.41) is 2.79. The molecule has 25 heavy (non-hydrogen) atoms. The highest BCUT2D eigenvalue weighted by molar-refractivity contribution is 5.80. The number of aromatic amines is 1. The van der Waals surface area contributed by atoms with Crippen LogP contribution in [0.25, 0.3) is 0 Å². The molecule has 5 nitrogen and oxygen atoms in total. The normalized spacial score (nSPS) is 14.0. The number of pyridine rings is 1. The Bertz CT molecular complexity index is 855. The van der Waals surface area contributed by atoms with Gasteiger partial charge in [0.25, 0.3) is 11.5 Å². The zero-order chi connectivity index (χ0) is 18.0. The number of ether oxygens (including phenoxy) is 1. The lowest BCUT2D eigenvalue weighted by atomic mass is 10.1. The minimum absolute atomic E-state index is 0.162. The lowest BCUT2D eigenvalue weighted by Crippen LogP contribution is -2.37. The van der Waals surface area contributed by atoms with E-state index in [0.717, 1.165) is 24.1 Å². The van der Waals surface area contributed by atoms with Gasteiger partial charge < -0.3 is 15.0 Å². The summed E-state index contributed by atoms with van der Waals surface area (Å²) >= 11 is 0. The number of amides is 1. The number of carbonyl (C=O) groups excluding carboxylic acids is 1. The fraction of sp³-hybridized carbons (Fsp3) is 0.400. The van der Waals surface area contributed by atoms with Gasteiger partial charge in [-0.2, -0.15) is 0 Å². The van der Waals surface area contributed by atoms with E-state index in [1.807, 2.05) is 32.0 Å². The van der Waals surface area contributed by atoms with Crippen LogP contribution < -0.4 is 15.6 Å². The number of rotatable bonds is 5. The molecule has 3 rings (SSSR count). The molecule has 0 fully saturated rings. The van der Waals surface area contributed by atoms with Crippen LogP contribution in [0, 0.1) is 13.8 Å². The molecule has 2 aromatic rings. The number of H-pyrrole nitrogens is 1. The zero-order valence-corrected chi connectivity index (χ0v) is 14.9. The fourth-order valence-corrected chi connectivity index (χ4v) is 3.30. The second-order valence-corrected chi connectivity index (χ2v) is 6.70. The Balaban J connectivity index is 1.61. The van der Waals surface area contributed by atoms with Crippen molar-refractivity contribution in [3.05, 3.63) is 62.6 Å². The summed E-state index contributed by atoms with van der Waals surface area (Å²) in [6, 6.07) is 7.93. The third-order valence-electron chi connectivity index (χ3n) is 4.69. The summed E-state index contributed by atoms with van der Waals surface area (Å²) in [5.74, 6) is 0.479. The number of fused-ring (bicyclic) bond motifs is 1. The molecule has 1 aromatic heterocycles. The highest BCUT2D eigenvalue weighted by Crippen LogP contribution is 2.26. The van der Waals surface area contributed by atoms with Crippen molar-refractivity contribution in [2.24, 2.45) is 0 Å². The lowest BCUT2D eigenvalue weighted by Gasteiger charge is -2.16. The Labute approximate surface area is 147 Å². The van der Waals surface area contributed by atoms with E-state index < -0.39 is 6.10 Å². The first-order valence-corrected chi connectivity index (χ1v) is 8.69. The van der Waals surface area contributed by atoms with E-state index in [1.54, 1.807) is 6.92 Å². The average molecular weight is 340 g/mol. The molecule has 1 amide bonds. The van der Waals surface area contributed by atoms with Gasteiger partial charge in [0.05, 0.1) is 0 Å². The summed E-state index contributed by atoms with van der Waals surface area (Å²) in [6.45, 7) is 5.62. The lowest BCUT2D eigenvalue weighted by molar-refractivity contribution is -0.127. The van der Waals surface area contributed by atoms with Gasteiger partial charge in [-0.15, -0.1) is 0 Å². The fourth-order valence-electron chi connectivity index (χ4n) is 3.30. The summed E-state index contributed by atoms with van der Waals surface area (Å²) in [7, 11) is 0. The van der Waals surface area contributed by atoms with Crippen molar-refractivity contribution >= 4 is 5.91 Å². The highest BCUT2D eigenvalue weighted by Gasteiger charge is 2.17. The van der Waals surface area contributed by atoms with Crippen LogP contribution in [0.2, 0.25) is 0 Å². The van der Waals surface area contributed by atoms with E-state index in [-0.39, 0.29) is 18.0 Å². The third-order valence-corrected chi connectivity index (χ3v) is 4.69. The van der Waals surface area contributed by atoms with Crippen LogP contribution in [-0.4, -0.2) is 17.0 Å². The third kappa shape index (κ3) is 3.92. The van der Waals surface area contributed by atoms with E-state index in [2.05, 4.69) is 16.4 Å². The molecule has 0 aliphatic heterocycles. The molecule has 1 heterocycles. The van der Waals surface area contributed by atoms with Crippen molar-refractivity contribution in [3.63, 3.8) is 0 Å². The van der Waals surface area contributed by atoms with Gasteiger partial charge in [-0.1, -0.05) is 6.07 Å². The molecule has 0 spiro atoms. The first kappa shape index (κ1) is 17.3. The van der Waals surface area contributed by atoms with Crippen LogP contribution in [-0.2, 0) is 24.2 Å². The number of carbonyl (C=O) groups is 1. The number of hydrogen-bond acceptors (Lipinski definition) is 3. The smallest absolute Gasteiger partial charge is 0.261 e. The predicted molar refractivity (Wildman–Crippen MR) is 96.9 cm³/mol. The summed E-state index contributed by atoms with van der Waals surface area (Å²) < 4.78 is 5.77. The summed E-state index contributed by atoms with van der Waals surface area (Å²) in [5.41, 5.74) is 4.78. The Morgan fingerprint density at radius 2 is 2.00 bits per heavy atom. The molecule has 0 saturated heterocycles. The molecule has 2 N–H and O–H groups in total. The average Bonchev–Trinajstić information content (AvgIpc) is 3.01. The molecule has 1 aliphatic rings. The van der Waals surface area contributed by atoms with Gasteiger partial charge in [-0.05, 0) is 74.9 Å². The number of aromatic nitrogens is 1. The largest absolute Gasteiger partial charge is 0.481 e. The molecule has 1 aliphatic carbocycles. The first-order valence-electron chi connectivity index (χ1n) is 8.69. The molecule has 0 bridgehead atoms. The van der Waals surface area contributed by atoms with Crippen molar-refractivity contribution in [2.45, 2.75) is 52.7 Å². The van der Waals surface area contributed by atoms with Crippen LogP contribution in [0.3, 0.4) is 0 Å². The molecule has 1 atom stereocenters. The van der Waals surface area contributed by atoms with Gasteiger partial charge in [0, 0.05) is 17.8 Å². The van der Waals surface area contributed by atoms with Gasteiger partial charge >= 0.3 is 0 Å². The maximum atomic E-state index is 12.3. The Morgan fingerprint density at radius 1 is 1.24 bits per heavy atom. The number of aryl methyl sites for hydroxylation is 4. The van der Waals surface area contributed by atoms with E-state index >= 15 is 0 Å². The van der Waals surface area contributed by atoms with E-state index in [4.69, 9.17) is 4.74 Å². The minimum atomic E-state index is -0.621. The van der Waals surface area contributed by atoms with Gasteiger partial charge in [-0.25, -0.2) is 0 Å². The molecular formula is C20H24N2O3. The summed E-state index contributed by atoms with van der Waals surface area (Å²) in [6.07, 6.45) is 2.75. The maximum Gasteiger partial charge on any atom is 0.261 e. The van der Waals surface area contributed by atoms with Gasteiger partial charge in [-0.3, -0.25) is 9.59 Å². The minimum Gasteiger partial charge on any atom is -0.481 e. The number of benzene rings is 1. The second kappa shape index (κ2) is 7.13. The molecule has 132 valence electrons. The SMILES string of the molecule is Cc1cc(C)c(CNC(=O)[C@@H](C)Oc2ccc3c(c2)CCC3)c(=O)[nH]1. The maximum absolute atomic E-state index is 12.3. The topological polar surface area (TPSA) is 71.2 Å². The van der Waals surface area contributed by atoms with Gasteiger partial charge in [0.2, 0.25) is 0 Å². The molecule has 0 saturated carbocycles. The van der Waals surface area contributed by atoms with E-state index in [0.29, 0.717) is 11.3 Å². The highest BCUT2D eigenvalue weighted by atomic mass is 16.5. The van der Waals surface area contributed by atoms with Crippen LogP contribution >= 0.6 is 0 Å². The van der Waals surface area contributed by atoms with Gasteiger partial charge in [0.1, 0.15) is 5.75 Å². The number of hydrogen-bond donors (Lipinski definition) is 2. The number of nitrogens with one attached hydrogen (secondary N) is 2. The van der Waals surface area contributed by atoms with E-state index in [9.17, 15) is 9.59 Å². The monoisotopic (exact) mass is 340 g/mol. The molecule has 5 heteroatoms. The Morgan fingerprint density at radius 3 is 2.76 bits per heavy atom.